The normalized spacial score (nSPS) is 11.0. The zero-order valence-electron chi connectivity index (χ0n) is 14.2. The highest BCUT2D eigenvalue weighted by molar-refractivity contribution is 9.10. The second-order valence-electron chi connectivity index (χ2n) is 6.01. The Labute approximate surface area is 149 Å². The smallest absolute Gasteiger partial charge is 0.364 e. The summed E-state index contributed by atoms with van der Waals surface area (Å²) >= 11 is 3.54. The number of aryl methyl sites for hydroxylation is 4. The van der Waals surface area contributed by atoms with Crippen LogP contribution in [0.15, 0.2) is 39.6 Å². The van der Waals surface area contributed by atoms with Crippen LogP contribution < -0.4 is 10.4 Å². The van der Waals surface area contributed by atoms with Gasteiger partial charge in [0.15, 0.2) is 0 Å². The number of nitrogens with zero attached hydrogens (tertiary/aromatic N) is 2. The molecule has 0 atom stereocenters. The van der Waals surface area contributed by atoms with Gasteiger partial charge in [0.1, 0.15) is 12.4 Å². The van der Waals surface area contributed by atoms with Gasteiger partial charge in [-0.3, -0.25) is 0 Å². The number of halogens is 1. The van der Waals surface area contributed by atoms with Crippen LogP contribution >= 0.6 is 15.9 Å². The lowest BCUT2D eigenvalue weighted by Gasteiger charge is -2.19. The third-order valence-electron chi connectivity index (χ3n) is 4.18. The van der Waals surface area contributed by atoms with Gasteiger partial charge in [-0.1, -0.05) is 28.1 Å². The van der Waals surface area contributed by atoms with Crippen molar-refractivity contribution in [3.63, 3.8) is 0 Å². The third kappa shape index (κ3) is 2.94. The molecule has 0 fully saturated rings. The Balaban J connectivity index is 1.93. The van der Waals surface area contributed by atoms with E-state index in [1.807, 2.05) is 45.0 Å². The van der Waals surface area contributed by atoms with Crippen molar-refractivity contribution in [2.75, 3.05) is 0 Å². The van der Waals surface area contributed by atoms with Gasteiger partial charge in [-0.25, -0.2) is 14.7 Å². The minimum Gasteiger partial charge on any atom is -0.489 e. The summed E-state index contributed by atoms with van der Waals surface area (Å²) in [6.07, 6.45) is 0. The van der Waals surface area contributed by atoms with Gasteiger partial charge in [0.2, 0.25) is 0 Å². The first-order chi connectivity index (χ1) is 11.4. The molecule has 0 aliphatic heterocycles. The summed E-state index contributed by atoms with van der Waals surface area (Å²) in [4.78, 5) is 12.0. The summed E-state index contributed by atoms with van der Waals surface area (Å²) in [6, 6.07) is 9.96. The first kappa shape index (κ1) is 16.6. The van der Waals surface area contributed by atoms with Crippen LogP contribution in [0, 0.1) is 20.8 Å². The van der Waals surface area contributed by atoms with Gasteiger partial charge in [-0.15, -0.1) is 0 Å². The van der Waals surface area contributed by atoms with Crippen LogP contribution in [0.3, 0.4) is 0 Å². The van der Waals surface area contributed by atoms with E-state index in [1.54, 1.807) is 7.05 Å². The van der Waals surface area contributed by atoms with E-state index in [1.165, 1.54) is 9.36 Å². The molecule has 0 bridgehead atoms. The molecule has 5 nitrogen and oxygen atoms in total. The fourth-order valence-electron chi connectivity index (χ4n) is 2.64. The number of aromatic amines is 1. The first-order valence-electron chi connectivity index (χ1n) is 7.70. The lowest BCUT2D eigenvalue weighted by molar-refractivity contribution is 0.301. The molecule has 24 heavy (non-hydrogen) atoms. The van der Waals surface area contributed by atoms with Crippen molar-refractivity contribution >= 4 is 15.9 Å². The van der Waals surface area contributed by atoms with Crippen LogP contribution in [0.4, 0.5) is 0 Å². The molecule has 1 aromatic heterocycles. The summed E-state index contributed by atoms with van der Waals surface area (Å²) in [5.74, 6) is 0.852. The predicted octanol–water partition coefficient (Wildman–Crippen LogP) is 3.77. The number of H-pyrrole nitrogens is 1. The molecule has 3 rings (SSSR count). The van der Waals surface area contributed by atoms with Crippen molar-refractivity contribution in [3.8, 4) is 11.4 Å². The van der Waals surface area contributed by atoms with Crippen LogP contribution in [0.25, 0.3) is 5.69 Å². The zero-order valence-corrected chi connectivity index (χ0v) is 15.8. The molecule has 0 unspecified atom stereocenters. The summed E-state index contributed by atoms with van der Waals surface area (Å²) in [7, 11) is 1.69. The van der Waals surface area contributed by atoms with Gasteiger partial charge >= 0.3 is 5.69 Å². The topological polar surface area (TPSA) is 51.9 Å². The summed E-state index contributed by atoms with van der Waals surface area (Å²) in [5.41, 5.74) is 5.01. The molecule has 0 amide bonds. The van der Waals surface area contributed by atoms with Gasteiger partial charge in [-0.2, -0.15) is 4.68 Å². The average molecular weight is 390 g/mol. The van der Waals surface area contributed by atoms with Crippen molar-refractivity contribution in [1.29, 1.82) is 0 Å². The molecular formula is C18H20BrN3O2. The number of hydrogen-bond donors (Lipinski definition) is 1. The Hall–Kier alpha value is -2.21. The highest BCUT2D eigenvalue weighted by Crippen LogP contribution is 2.28. The molecule has 0 aliphatic carbocycles. The molecule has 1 N–H and O–H groups in total. The number of hydrogen-bond acceptors (Lipinski definition) is 2. The molecule has 0 saturated carbocycles. The Morgan fingerprint density at radius 2 is 1.88 bits per heavy atom. The SMILES string of the molecule is Cc1cc(OCc2c(C)cccc2-n2[nH]n(C)c2=O)c(C)cc1Br. The Kier molecular flexibility index (Phi) is 4.41. The lowest BCUT2D eigenvalue weighted by atomic mass is 10.1. The quantitative estimate of drug-likeness (QED) is 0.738. The van der Waals surface area contributed by atoms with Crippen molar-refractivity contribution in [2.45, 2.75) is 27.4 Å². The monoisotopic (exact) mass is 389 g/mol. The second-order valence-corrected chi connectivity index (χ2v) is 6.86. The molecule has 0 saturated heterocycles. The van der Waals surface area contributed by atoms with Crippen molar-refractivity contribution < 1.29 is 4.74 Å². The van der Waals surface area contributed by atoms with Crippen LogP contribution in [-0.2, 0) is 13.7 Å². The van der Waals surface area contributed by atoms with E-state index in [9.17, 15) is 4.79 Å². The van der Waals surface area contributed by atoms with E-state index in [-0.39, 0.29) is 5.69 Å². The summed E-state index contributed by atoms with van der Waals surface area (Å²) in [5, 5.41) is 2.96. The Bertz CT molecular complexity index is 950. The van der Waals surface area contributed by atoms with E-state index in [0.717, 1.165) is 38.2 Å². The van der Waals surface area contributed by atoms with E-state index in [2.05, 4.69) is 27.2 Å². The fourth-order valence-corrected chi connectivity index (χ4v) is 3.10. The minimum atomic E-state index is -0.0856. The van der Waals surface area contributed by atoms with Crippen LogP contribution in [0.5, 0.6) is 5.75 Å². The zero-order chi connectivity index (χ0) is 17.4. The van der Waals surface area contributed by atoms with E-state index in [0.29, 0.717) is 6.61 Å². The Morgan fingerprint density at radius 3 is 2.54 bits per heavy atom. The van der Waals surface area contributed by atoms with Gasteiger partial charge < -0.3 is 4.74 Å². The highest BCUT2D eigenvalue weighted by Gasteiger charge is 2.14. The molecule has 126 valence electrons. The molecule has 2 aromatic carbocycles. The van der Waals surface area contributed by atoms with Crippen LogP contribution in [0.1, 0.15) is 22.3 Å². The predicted molar refractivity (Wildman–Crippen MR) is 98.0 cm³/mol. The third-order valence-corrected chi connectivity index (χ3v) is 5.04. The van der Waals surface area contributed by atoms with E-state index >= 15 is 0 Å². The maximum Gasteiger partial charge on any atom is 0.364 e. The number of ether oxygens (including phenoxy) is 1. The molecule has 0 aliphatic rings. The molecular weight excluding hydrogens is 370 g/mol. The summed E-state index contributed by atoms with van der Waals surface area (Å²) < 4.78 is 10.1. The second kappa shape index (κ2) is 6.36. The standard InChI is InChI=1S/C18H20BrN3O2/c1-11-6-5-7-16(22-18(23)21(4)20-22)14(11)10-24-17-9-12(2)15(19)8-13(17)3/h5-9,20H,10H2,1-4H3. The van der Waals surface area contributed by atoms with E-state index < -0.39 is 0 Å². The minimum absolute atomic E-state index is 0.0856. The maximum absolute atomic E-state index is 12.0. The van der Waals surface area contributed by atoms with Gasteiger partial charge in [0.25, 0.3) is 0 Å². The van der Waals surface area contributed by atoms with Crippen molar-refractivity contribution in [1.82, 2.24) is 14.6 Å². The molecule has 0 radical (unpaired) electrons. The van der Waals surface area contributed by atoms with Gasteiger partial charge in [0.05, 0.1) is 5.69 Å². The van der Waals surface area contributed by atoms with Gasteiger partial charge in [-0.05, 0) is 55.7 Å². The molecule has 0 spiro atoms. The van der Waals surface area contributed by atoms with Gasteiger partial charge in [0, 0.05) is 17.1 Å². The number of nitrogens with one attached hydrogen (secondary N) is 1. The fraction of sp³-hybridized carbons (Fsp3) is 0.278. The maximum atomic E-state index is 12.0. The number of aromatic nitrogens is 3. The molecule has 6 heteroatoms. The Morgan fingerprint density at radius 1 is 1.12 bits per heavy atom. The largest absolute Gasteiger partial charge is 0.489 e. The number of rotatable bonds is 4. The van der Waals surface area contributed by atoms with Crippen molar-refractivity contribution in [2.24, 2.45) is 7.05 Å². The molecule has 3 aromatic rings. The average Bonchev–Trinajstić information content (AvgIpc) is 2.55. The highest BCUT2D eigenvalue weighted by atomic mass is 79.9. The first-order valence-corrected chi connectivity index (χ1v) is 8.50. The van der Waals surface area contributed by atoms with E-state index in [4.69, 9.17) is 4.74 Å². The van der Waals surface area contributed by atoms with Crippen LogP contribution in [0.2, 0.25) is 0 Å². The van der Waals surface area contributed by atoms with Crippen LogP contribution in [-0.4, -0.2) is 14.6 Å². The molecule has 1 heterocycles. The lowest BCUT2D eigenvalue weighted by Crippen LogP contribution is -2.40. The van der Waals surface area contributed by atoms with Crippen molar-refractivity contribution in [3.05, 3.63) is 67.5 Å². The number of benzene rings is 2. The summed E-state index contributed by atoms with van der Waals surface area (Å²) in [6.45, 7) is 6.48.